The third-order valence-corrected chi connectivity index (χ3v) is 6.27. The molecule has 1 atom stereocenters. The summed E-state index contributed by atoms with van der Waals surface area (Å²) in [6.07, 6.45) is 1.67. The molecule has 9 heteroatoms. The molecule has 1 unspecified atom stereocenters. The Morgan fingerprint density at radius 1 is 1.29 bits per heavy atom. The standard InChI is InChI=1S/C22H21N5O3S/c1-4-26-21-18(13-23-26)17(12-19(24-21)20-9-6-10-31-20)22(28)25(3)14(2)15-7-5-8-16(11-15)27(29)30/h5-14H,4H2,1-3H3. The van der Waals surface area contributed by atoms with Crippen molar-refractivity contribution < 1.29 is 9.72 Å². The van der Waals surface area contributed by atoms with E-state index in [1.807, 2.05) is 31.4 Å². The van der Waals surface area contributed by atoms with E-state index in [0.717, 1.165) is 10.6 Å². The zero-order valence-corrected chi connectivity index (χ0v) is 18.2. The molecule has 0 aliphatic rings. The van der Waals surface area contributed by atoms with E-state index in [-0.39, 0.29) is 17.6 Å². The first kappa shape index (κ1) is 20.7. The summed E-state index contributed by atoms with van der Waals surface area (Å²) in [4.78, 5) is 31.6. The van der Waals surface area contributed by atoms with Crippen LogP contribution in [0.4, 0.5) is 5.69 Å². The van der Waals surface area contributed by atoms with E-state index in [0.29, 0.717) is 28.7 Å². The Hall–Kier alpha value is -3.59. The largest absolute Gasteiger partial charge is 0.335 e. The Balaban J connectivity index is 1.77. The van der Waals surface area contributed by atoms with E-state index in [2.05, 4.69) is 5.10 Å². The molecule has 1 amide bonds. The number of rotatable bonds is 6. The summed E-state index contributed by atoms with van der Waals surface area (Å²) < 4.78 is 1.77. The number of nitro benzene ring substituents is 1. The van der Waals surface area contributed by atoms with Gasteiger partial charge in [-0.05, 0) is 36.9 Å². The first-order valence-electron chi connectivity index (χ1n) is 9.82. The Labute approximate surface area is 182 Å². The zero-order valence-electron chi connectivity index (χ0n) is 17.3. The maximum Gasteiger partial charge on any atom is 0.269 e. The van der Waals surface area contributed by atoms with Crippen LogP contribution in [0.2, 0.25) is 0 Å². The normalized spacial score (nSPS) is 12.1. The highest BCUT2D eigenvalue weighted by molar-refractivity contribution is 7.13. The highest BCUT2D eigenvalue weighted by Crippen LogP contribution is 2.30. The van der Waals surface area contributed by atoms with Gasteiger partial charge in [0.2, 0.25) is 0 Å². The number of carbonyl (C=O) groups excluding carboxylic acids is 1. The summed E-state index contributed by atoms with van der Waals surface area (Å²) >= 11 is 1.56. The van der Waals surface area contributed by atoms with Crippen LogP contribution in [0.25, 0.3) is 21.6 Å². The van der Waals surface area contributed by atoms with E-state index >= 15 is 0 Å². The molecule has 31 heavy (non-hydrogen) atoms. The van der Waals surface area contributed by atoms with Crippen molar-refractivity contribution in [2.24, 2.45) is 0 Å². The van der Waals surface area contributed by atoms with Gasteiger partial charge in [0.05, 0.1) is 38.7 Å². The summed E-state index contributed by atoms with van der Waals surface area (Å²) in [6.45, 7) is 4.47. The van der Waals surface area contributed by atoms with Crippen LogP contribution in [0.15, 0.2) is 54.0 Å². The number of fused-ring (bicyclic) bond motifs is 1. The second kappa shape index (κ2) is 8.27. The minimum absolute atomic E-state index is 0.000652. The summed E-state index contributed by atoms with van der Waals surface area (Å²) in [5.41, 5.74) is 2.58. The van der Waals surface area contributed by atoms with Crippen molar-refractivity contribution in [2.45, 2.75) is 26.4 Å². The molecule has 3 heterocycles. The summed E-state index contributed by atoms with van der Waals surface area (Å²) in [7, 11) is 1.70. The van der Waals surface area contributed by atoms with Crippen molar-refractivity contribution in [1.29, 1.82) is 0 Å². The minimum Gasteiger partial charge on any atom is -0.335 e. The van der Waals surface area contributed by atoms with Crippen LogP contribution in [0.1, 0.15) is 35.8 Å². The van der Waals surface area contributed by atoms with Crippen molar-refractivity contribution in [3.05, 3.63) is 75.3 Å². The quantitative estimate of drug-likeness (QED) is 0.316. The van der Waals surface area contributed by atoms with Crippen LogP contribution in [-0.4, -0.2) is 37.5 Å². The number of hydrogen-bond donors (Lipinski definition) is 0. The molecule has 158 valence electrons. The fraction of sp³-hybridized carbons (Fsp3) is 0.227. The lowest BCUT2D eigenvalue weighted by molar-refractivity contribution is -0.384. The molecule has 0 radical (unpaired) electrons. The SMILES string of the molecule is CCn1ncc2c(C(=O)N(C)C(C)c3cccc([N+](=O)[O-])c3)cc(-c3cccs3)nc21. The highest BCUT2D eigenvalue weighted by atomic mass is 32.1. The monoisotopic (exact) mass is 435 g/mol. The Morgan fingerprint density at radius 2 is 2.10 bits per heavy atom. The maximum atomic E-state index is 13.5. The van der Waals surface area contributed by atoms with Crippen LogP contribution in [0.3, 0.4) is 0 Å². The number of thiophene rings is 1. The first-order chi connectivity index (χ1) is 14.9. The fourth-order valence-electron chi connectivity index (χ4n) is 3.49. The minimum atomic E-state index is -0.434. The van der Waals surface area contributed by atoms with Gasteiger partial charge in [-0.25, -0.2) is 9.67 Å². The predicted octanol–water partition coefficient (Wildman–Crippen LogP) is 4.92. The molecular formula is C22H21N5O3S. The molecule has 0 saturated heterocycles. The summed E-state index contributed by atoms with van der Waals surface area (Å²) in [6, 6.07) is 11.7. The molecule has 4 aromatic rings. The van der Waals surface area contributed by atoms with Gasteiger partial charge in [-0.15, -0.1) is 11.3 Å². The van der Waals surface area contributed by atoms with Crippen LogP contribution in [0.5, 0.6) is 0 Å². The molecule has 3 aromatic heterocycles. The molecule has 0 aliphatic heterocycles. The van der Waals surface area contributed by atoms with Gasteiger partial charge in [-0.3, -0.25) is 14.9 Å². The molecule has 0 aliphatic carbocycles. The van der Waals surface area contributed by atoms with Crippen LogP contribution in [0, 0.1) is 10.1 Å². The molecule has 0 spiro atoms. The van der Waals surface area contributed by atoms with Gasteiger partial charge in [0.15, 0.2) is 5.65 Å². The average Bonchev–Trinajstić information content (AvgIpc) is 3.46. The molecule has 1 aromatic carbocycles. The van der Waals surface area contributed by atoms with Crippen molar-refractivity contribution >= 4 is 34.0 Å². The van der Waals surface area contributed by atoms with Crippen LogP contribution < -0.4 is 0 Å². The van der Waals surface area contributed by atoms with Crippen molar-refractivity contribution in [1.82, 2.24) is 19.7 Å². The molecular weight excluding hydrogens is 414 g/mol. The third kappa shape index (κ3) is 3.79. The van der Waals surface area contributed by atoms with Gasteiger partial charge in [-0.1, -0.05) is 18.2 Å². The highest BCUT2D eigenvalue weighted by Gasteiger charge is 2.24. The second-order valence-corrected chi connectivity index (χ2v) is 8.12. The zero-order chi connectivity index (χ0) is 22.1. The summed E-state index contributed by atoms with van der Waals surface area (Å²) in [5, 5.41) is 18.2. The van der Waals surface area contributed by atoms with Crippen molar-refractivity contribution in [3.63, 3.8) is 0 Å². The number of aryl methyl sites for hydroxylation is 1. The Morgan fingerprint density at radius 3 is 2.77 bits per heavy atom. The van der Waals surface area contributed by atoms with E-state index in [1.165, 1.54) is 12.1 Å². The number of nitro groups is 1. The van der Waals surface area contributed by atoms with Gasteiger partial charge < -0.3 is 4.90 Å². The average molecular weight is 436 g/mol. The van der Waals surface area contributed by atoms with Gasteiger partial charge in [0.25, 0.3) is 11.6 Å². The van der Waals surface area contributed by atoms with Crippen LogP contribution in [-0.2, 0) is 6.54 Å². The number of benzene rings is 1. The van der Waals surface area contributed by atoms with E-state index < -0.39 is 4.92 Å². The fourth-order valence-corrected chi connectivity index (χ4v) is 4.18. The van der Waals surface area contributed by atoms with E-state index in [9.17, 15) is 14.9 Å². The van der Waals surface area contributed by atoms with Gasteiger partial charge in [-0.2, -0.15) is 5.10 Å². The van der Waals surface area contributed by atoms with Crippen molar-refractivity contribution in [3.8, 4) is 10.6 Å². The predicted molar refractivity (Wildman–Crippen MR) is 120 cm³/mol. The maximum absolute atomic E-state index is 13.5. The molecule has 0 fully saturated rings. The number of amides is 1. The smallest absolute Gasteiger partial charge is 0.269 e. The molecule has 0 saturated carbocycles. The second-order valence-electron chi connectivity index (χ2n) is 7.17. The summed E-state index contributed by atoms with van der Waals surface area (Å²) in [5.74, 6) is -0.195. The van der Waals surface area contributed by atoms with Gasteiger partial charge in [0.1, 0.15) is 0 Å². The van der Waals surface area contributed by atoms with Gasteiger partial charge in [0, 0.05) is 25.7 Å². The molecule has 4 rings (SSSR count). The Kier molecular flexibility index (Phi) is 5.51. The van der Waals surface area contributed by atoms with Crippen LogP contribution >= 0.6 is 11.3 Å². The number of hydrogen-bond acceptors (Lipinski definition) is 6. The number of carbonyl (C=O) groups is 1. The number of non-ortho nitro benzene ring substituents is 1. The van der Waals surface area contributed by atoms with Crippen molar-refractivity contribution in [2.75, 3.05) is 7.05 Å². The number of nitrogens with zero attached hydrogens (tertiary/aromatic N) is 5. The third-order valence-electron chi connectivity index (χ3n) is 5.38. The number of aromatic nitrogens is 3. The van der Waals surface area contributed by atoms with Gasteiger partial charge >= 0.3 is 0 Å². The topological polar surface area (TPSA) is 94.2 Å². The lowest BCUT2D eigenvalue weighted by atomic mass is 10.0. The molecule has 0 N–H and O–H groups in total. The lowest BCUT2D eigenvalue weighted by Gasteiger charge is -2.25. The van der Waals surface area contributed by atoms with E-state index in [4.69, 9.17) is 4.98 Å². The lowest BCUT2D eigenvalue weighted by Crippen LogP contribution is -2.30. The molecule has 8 nitrogen and oxygen atoms in total. The number of pyridine rings is 1. The Bertz CT molecular complexity index is 1270. The first-order valence-corrected chi connectivity index (χ1v) is 10.7. The van der Waals surface area contributed by atoms with E-state index in [1.54, 1.807) is 52.4 Å². The molecule has 0 bridgehead atoms.